The van der Waals surface area contributed by atoms with Gasteiger partial charge >= 0.3 is 0 Å². The first-order valence-electron chi connectivity index (χ1n) is 7.44. The molecule has 0 aliphatic heterocycles. The van der Waals surface area contributed by atoms with E-state index >= 15 is 0 Å². The lowest BCUT2D eigenvalue weighted by atomic mass is 10.1. The number of nitrogens with one attached hydrogen (secondary N) is 1. The number of nitrogens with zero attached hydrogens (tertiary/aromatic N) is 4. The van der Waals surface area contributed by atoms with Gasteiger partial charge in [-0.05, 0) is 12.5 Å². The molecule has 2 heterocycles. The van der Waals surface area contributed by atoms with Crippen molar-refractivity contribution < 1.29 is 4.79 Å². The van der Waals surface area contributed by atoms with E-state index in [1.54, 1.807) is 24.3 Å². The van der Waals surface area contributed by atoms with Crippen molar-refractivity contribution in [1.29, 1.82) is 5.26 Å². The average Bonchev–Trinajstić information content (AvgIpc) is 3.22. The van der Waals surface area contributed by atoms with Gasteiger partial charge in [-0.15, -0.1) is 0 Å². The Bertz CT molecular complexity index is 857. The molecule has 116 valence electrons. The molecule has 0 aliphatic rings. The Labute approximate surface area is 133 Å². The van der Waals surface area contributed by atoms with E-state index in [0.717, 1.165) is 29.6 Å². The minimum atomic E-state index is -0.0818. The molecule has 1 amide bonds. The normalized spacial score (nSPS) is 10.6. The first-order chi connectivity index (χ1) is 11.2. The highest BCUT2D eigenvalue weighted by atomic mass is 16.2. The molecule has 0 saturated carbocycles. The van der Waals surface area contributed by atoms with E-state index in [2.05, 4.69) is 16.3 Å². The van der Waals surface area contributed by atoms with Gasteiger partial charge in [0.1, 0.15) is 0 Å². The highest BCUT2D eigenvalue weighted by Gasteiger charge is 2.19. The number of aryl methyl sites for hydroxylation is 1. The van der Waals surface area contributed by atoms with E-state index < -0.39 is 0 Å². The van der Waals surface area contributed by atoms with Gasteiger partial charge in [-0.25, -0.2) is 0 Å². The van der Waals surface area contributed by atoms with Crippen molar-refractivity contribution in [2.24, 2.45) is 0 Å². The van der Waals surface area contributed by atoms with Gasteiger partial charge in [-0.3, -0.25) is 9.89 Å². The van der Waals surface area contributed by atoms with Crippen LogP contribution in [0, 0.1) is 11.3 Å². The number of hydrogen-bond acceptors (Lipinski definition) is 3. The number of H-pyrrole nitrogens is 1. The van der Waals surface area contributed by atoms with Crippen LogP contribution >= 0.6 is 0 Å². The van der Waals surface area contributed by atoms with Crippen LogP contribution in [0.1, 0.15) is 23.2 Å². The maximum absolute atomic E-state index is 12.8. The van der Waals surface area contributed by atoms with Crippen molar-refractivity contribution in [2.45, 2.75) is 19.4 Å². The smallest absolute Gasteiger partial charge is 0.260 e. The number of rotatable bonds is 5. The lowest BCUT2D eigenvalue weighted by Gasteiger charge is -2.14. The van der Waals surface area contributed by atoms with Crippen molar-refractivity contribution in [3.8, 4) is 6.07 Å². The van der Waals surface area contributed by atoms with Crippen molar-refractivity contribution in [2.75, 3.05) is 11.9 Å². The number of fused-ring (bicyclic) bond motifs is 1. The number of unbranched alkanes of at least 4 members (excludes halogenated alkanes) is 1. The molecule has 3 rings (SSSR count). The van der Waals surface area contributed by atoms with E-state index in [0.29, 0.717) is 12.0 Å². The molecule has 0 unspecified atom stereocenters. The maximum Gasteiger partial charge on any atom is 0.260 e. The number of aromatic amines is 1. The summed E-state index contributed by atoms with van der Waals surface area (Å²) in [6, 6.07) is 9.98. The molecule has 6 nitrogen and oxygen atoms in total. The third-order valence-electron chi connectivity index (χ3n) is 3.88. The van der Waals surface area contributed by atoms with Crippen LogP contribution < -0.4 is 4.90 Å². The molecule has 6 heteroatoms. The number of carbonyl (C=O) groups excluding carboxylic acids is 1. The fraction of sp³-hybridized carbons (Fsp3) is 0.235. The third kappa shape index (κ3) is 2.81. The molecule has 1 N–H and O–H groups in total. The van der Waals surface area contributed by atoms with Gasteiger partial charge < -0.3 is 9.47 Å². The second kappa shape index (κ2) is 6.36. The van der Waals surface area contributed by atoms with Gasteiger partial charge in [0.2, 0.25) is 0 Å². The zero-order valence-electron chi connectivity index (χ0n) is 12.9. The minimum absolute atomic E-state index is 0.0818. The largest absolute Gasteiger partial charge is 0.347 e. The van der Waals surface area contributed by atoms with Gasteiger partial charge in [0.05, 0.1) is 23.5 Å². The Kier molecular flexibility index (Phi) is 4.11. The summed E-state index contributed by atoms with van der Waals surface area (Å²) < 4.78 is 2.04. The summed E-state index contributed by atoms with van der Waals surface area (Å²) in [5.41, 5.74) is 2.38. The first kappa shape index (κ1) is 14.9. The molecule has 0 bridgehead atoms. The molecule has 0 atom stereocenters. The highest BCUT2D eigenvalue weighted by Crippen LogP contribution is 2.24. The van der Waals surface area contributed by atoms with Crippen molar-refractivity contribution in [1.82, 2.24) is 14.8 Å². The second-order valence-electron chi connectivity index (χ2n) is 5.34. The van der Waals surface area contributed by atoms with E-state index in [-0.39, 0.29) is 5.91 Å². The van der Waals surface area contributed by atoms with Crippen molar-refractivity contribution in [3.05, 3.63) is 48.4 Å². The van der Waals surface area contributed by atoms with E-state index in [9.17, 15) is 4.79 Å². The molecule has 3 aromatic rings. The fourth-order valence-corrected chi connectivity index (χ4v) is 2.66. The van der Waals surface area contributed by atoms with E-state index in [1.165, 1.54) is 0 Å². The number of aromatic nitrogens is 3. The number of anilines is 1. The quantitative estimate of drug-likeness (QED) is 0.736. The molecule has 0 fully saturated rings. The predicted molar refractivity (Wildman–Crippen MR) is 88.1 cm³/mol. The third-order valence-corrected chi connectivity index (χ3v) is 3.88. The van der Waals surface area contributed by atoms with Crippen LogP contribution in [0.15, 0.2) is 42.9 Å². The van der Waals surface area contributed by atoms with Crippen LogP contribution in [-0.4, -0.2) is 27.7 Å². The summed E-state index contributed by atoms with van der Waals surface area (Å²) in [6.07, 6.45) is 6.44. The van der Waals surface area contributed by atoms with Crippen molar-refractivity contribution >= 4 is 22.5 Å². The fourth-order valence-electron chi connectivity index (χ4n) is 2.66. The average molecular weight is 307 g/mol. The monoisotopic (exact) mass is 307 g/mol. The molecule has 0 aliphatic carbocycles. The number of benzene rings is 1. The zero-order chi connectivity index (χ0) is 16.2. The molecule has 1 aromatic carbocycles. The van der Waals surface area contributed by atoms with Crippen LogP contribution in [0.4, 0.5) is 5.69 Å². The lowest BCUT2D eigenvalue weighted by Crippen LogP contribution is -2.25. The summed E-state index contributed by atoms with van der Waals surface area (Å²) in [4.78, 5) is 14.4. The summed E-state index contributed by atoms with van der Waals surface area (Å²) >= 11 is 0. The van der Waals surface area contributed by atoms with Gasteiger partial charge in [-0.2, -0.15) is 10.4 Å². The Morgan fingerprint density at radius 3 is 3.00 bits per heavy atom. The van der Waals surface area contributed by atoms with Gasteiger partial charge in [0.15, 0.2) is 0 Å². The van der Waals surface area contributed by atoms with Crippen LogP contribution in [-0.2, 0) is 6.54 Å². The second-order valence-corrected chi connectivity index (χ2v) is 5.34. The van der Waals surface area contributed by atoms with Crippen LogP contribution in [0.5, 0.6) is 0 Å². The Hall–Kier alpha value is -3.07. The summed E-state index contributed by atoms with van der Waals surface area (Å²) in [7, 11) is 1.73. The zero-order valence-corrected chi connectivity index (χ0v) is 12.9. The standard InChI is InChI=1S/C17H17N5O/c1-21(13-10-19-20-11-13)17(23)15-12-22(9-5-4-8-18)16-7-3-2-6-14(15)16/h2-3,6-7,10-12H,4-5,9H2,1H3,(H,19,20). The highest BCUT2D eigenvalue weighted by molar-refractivity contribution is 6.13. The Balaban J connectivity index is 1.97. The van der Waals surface area contributed by atoms with Gasteiger partial charge in [0, 0.05) is 43.3 Å². The Morgan fingerprint density at radius 1 is 1.43 bits per heavy atom. The molecular formula is C17H17N5O. The summed E-state index contributed by atoms with van der Waals surface area (Å²) in [5, 5.41) is 16.2. The van der Waals surface area contributed by atoms with Crippen LogP contribution in [0.25, 0.3) is 10.9 Å². The maximum atomic E-state index is 12.8. The SMILES string of the molecule is CN(C(=O)c1cn(CCCC#N)c2ccccc12)c1cn[nH]c1. The number of amides is 1. The topological polar surface area (TPSA) is 77.7 Å². The van der Waals surface area contributed by atoms with E-state index in [1.807, 2.05) is 35.0 Å². The van der Waals surface area contributed by atoms with Gasteiger partial charge in [0.25, 0.3) is 5.91 Å². The van der Waals surface area contributed by atoms with Gasteiger partial charge in [-0.1, -0.05) is 18.2 Å². The molecule has 0 radical (unpaired) electrons. The lowest BCUT2D eigenvalue weighted by molar-refractivity contribution is 0.0994. The molecular weight excluding hydrogens is 290 g/mol. The molecule has 0 saturated heterocycles. The van der Waals surface area contributed by atoms with Crippen LogP contribution in [0.3, 0.4) is 0 Å². The summed E-state index contributed by atoms with van der Waals surface area (Å²) in [5.74, 6) is -0.0818. The number of nitriles is 1. The first-order valence-corrected chi connectivity index (χ1v) is 7.44. The van der Waals surface area contributed by atoms with Crippen molar-refractivity contribution in [3.63, 3.8) is 0 Å². The predicted octanol–water partition coefficient (Wildman–Crippen LogP) is 2.94. The summed E-state index contributed by atoms with van der Waals surface area (Å²) in [6.45, 7) is 0.719. The van der Waals surface area contributed by atoms with E-state index in [4.69, 9.17) is 5.26 Å². The minimum Gasteiger partial charge on any atom is -0.347 e. The molecule has 2 aromatic heterocycles. The number of hydrogen-bond donors (Lipinski definition) is 1. The number of para-hydroxylation sites is 1. The Morgan fingerprint density at radius 2 is 2.26 bits per heavy atom. The molecule has 23 heavy (non-hydrogen) atoms. The molecule has 0 spiro atoms. The van der Waals surface area contributed by atoms with Crippen LogP contribution in [0.2, 0.25) is 0 Å². The number of carbonyl (C=O) groups is 1.